The molecule has 0 aliphatic carbocycles. The molecule has 0 saturated heterocycles. The van der Waals surface area contributed by atoms with Crippen molar-refractivity contribution in [3.63, 3.8) is 0 Å². The van der Waals surface area contributed by atoms with Gasteiger partial charge >= 0.3 is 0 Å². The highest BCUT2D eigenvalue weighted by atomic mass is 16.5. The zero-order valence-corrected chi connectivity index (χ0v) is 8.40. The van der Waals surface area contributed by atoms with Gasteiger partial charge in [0.2, 0.25) is 5.88 Å². The summed E-state index contributed by atoms with van der Waals surface area (Å²) in [5, 5.41) is 11.8. The Labute approximate surface area is 83.2 Å². The predicted molar refractivity (Wildman–Crippen MR) is 53.4 cm³/mol. The van der Waals surface area contributed by atoms with Crippen molar-refractivity contribution in [1.82, 2.24) is 9.97 Å². The third-order valence-electron chi connectivity index (χ3n) is 1.60. The van der Waals surface area contributed by atoms with Gasteiger partial charge in [-0.25, -0.2) is 9.97 Å². The summed E-state index contributed by atoms with van der Waals surface area (Å²) in [5.74, 6) is 1.19. The van der Waals surface area contributed by atoms with Crippen molar-refractivity contribution in [3.05, 3.63) is 12.4 Å². The lowest BCUT2D eigenvalue weighted by Crippen LogP contribution is -2.20. The van der Waals surface area contributed by atoms with Gasteiger partial charge in [0.1, 0.15) is 12.1 Å². The zero-order chi connectivity index (χ0) is 10.4. The number of ether oxygens (including phenoxy) is 1. The third kappa shape index (κ3) is 3.18. The molecule has 0 aliphatic heterocycles. The van der Waals surface area contributed by atoms with Crippen LogP contribution in [0.4, 0.5) is 5.82 Å². The molecule has 78 valence electrons. The normalized spacial score (nSPS) is 12.2. The average Bonchev–Trinajstić information content (AvgIpc) is 2.19. The molecule has 1 rings (SSSR count). The topological polar surface area (TPSA) is 67.3 Å². The fourth-order valence-electron chi connectivity index (χ4n) is 0.943. The number of aliphatic hydroxyl groups excluding tert-OH is 1. The van der Waals surface area contributed by atoms with E-state index in [1.54, 1.807) is 6.07 Å². The molecule has 1 atom stereocenters. The Balaban J connectivity index is 2.63. The van der Waals surface area contributed by atoms with Gasteiger partial charge in [-0.3, -0.25) is 0 Å². The second kappa shape index (κ2) is 5.39. The van der Waals surface area contributed by atoms with E-state index in [1.807, 2.05) is 13.8 Å². The fourth-order valence-corrected chi connectivity index (χ4v) is 0.943. The van der Waals surface area contributed by atoms with Gasteiger partial charge in [0.15, 0.2) is 0 Å². The van der Waals surface area contributed by atoms with Crippen LogP contribution in [0.5, 0.6) is 5.88 Å². The zero-order valence-electron chi connectivity index (χ0n) is 8.40. The summed E-state index contributed by atoms with van der Waals surface area (Å²) in [6.45, 7) is 4.40. The lowest BCUT2D eigenvalue weighted by molar-refractivity contribution is 0.281. The van der Waals surface area contributed by atoms with E-state index in [4.69, 9.17) is 9.84 Å². The maximum atomic E-state index is 8.83. The quantitative estimate of drug-likeness (QED) is 0.726. The Morgan fingerprint density at radius 2 is 2.36 bits per heavy atom. The minimum absolute atomic E-state index is 0.0284. The number of aliphatic hydroxyl groups is 1. The van der Waals surface area contributed by atoms with Crippen LogP contribution in [0.1, 0.15) is 13.8 Å². The van der Waals surface area contributed by atoms with Crippen LogP contribution in [-0.2, 0) is 0 Å². The van der Waals surface area contributed by atoms with Gasteiger partial charge in [-0.1, -0.05) is 0 Å². The van der Waals surface area contributed by atoms with E-state index in [1.165, 1.54) is 6.33 Å². The summed E-state index contributed by atoms with van der Waals surface area (Å²) in [7, 11) is 0. The first-order valence-corrected chi connectivity index (χ1v) is 4.58. The second-order valence-corrected chi connectivity index (χ2v) is 2.90. The van der Waals surface area contributed by atoms with Crippen molar-refractivity contribution in [3.8, 4) is 5.88 Å². The molecule has 1 aromatic heterocycles. The van der Waals surface area contributed by atoms with Crippen molar-refractivity contribution in [2.75, 3.05) is 18.5 Å². The van der Waals surface area contributed by atoms with E-state index in [0.29, 0.717) is 18.3 Å². The van der Waals surface area contributed by atoms with Gasteiger partial charge in [-0.2, -0.15) is 0 Å². The highest BCUT2D eigenvalue weighted by molar-refractivity contribution is 5.37. The lowest BCUT2D eigenvalue weighted by atomic mass is 10.3. The van der Waals surface area contributed by atoms with E-state index in [0.717, 1.165) is 0 Å². The van der Waals surface area contributed by atoms with Crippen LogP contribution in [0.3, 0.4) is 0 Å². The largest absolute Gasteiger partial charge is 0.478 e. The Morgan fingerprint density at radius 1 is 1.57 bits per heavy atom. The van der Waals surface area contributed by atoms with Crippen LogP contribution in [0.15, 0.2) is 12.4 Å². The van der Waals surface area contributed by atoms with E-state index in [9.17, 15) is 0 Å². The molecule has 0 spiro atoms. The summed E-state index contributed by atoms with van der Waals surface area (Å²) in [5.41, 5.74) is 0. The number of nitrogens with zero attached hydrogens (tertiary/aromatic N) is 2. The van der Waals surface area contributed by atoms with Crippen LogP contribution in [0, 0.1) is 0 Å². The van der Waals surface area contributed by atoms with Crippen molar-refractivity contribution >= 4 is 5.82 Å². The SMILES string of the molecule is CCOc1cc(NC(C)CO)ncn1. The molecule has 0 amide bonds. The second-order valence-electron chi connectivity index (χ2n) is 2.90. The molecule has 5 nitrogen and oxygen atoms in total. The van der Waals surface area contributed by atoms with Crippen molar-refractivity contribution in [1.29, 1.82) is 0 Å². The first kappa shape index (κ1) is 10.7. The Bertz CT molecular complexity index is 281. The van der Waals surface area contributed by atoms with E-state index >= 15 is 0 Å². The molecule has 0 aromatic carbocycles. The molecule has 1 unspecified atom stereocenters. The summed E-state index contributed by atoms with van der Waals surface area (Å²) >= 11 is 0. The molecule has 0 aliphatic rings. The maximum Gasteiger partial charge on any atom is 0.218 e. The van der Waals surface area contributed by atoms with Crippen LogP contribution in [0.25, 0.3) is 0 Å². The lowest BCUT2D eigenvalue weighted by Gasteiger charge is -2.11. The van der Waals surface area contributed by atoms with Gasteiger partial charge in [-0.15, -0.1) is 0 Å². The average molecular weight is 197 g/mol. The molecule has 0 radical (unpaired) electrons. The van der Waals surface area contributed by atoms with Crippen LogP contribution in [-0.4, -0.2) is 34.3 Å². The van der Waals surface area contributed by atoms with Crippen LogP contribution in [0.2, 0.25) is 0 Å². The predicted octanol–water partition coefficient (Wildman–Crippen LogP) is 0.668. The fraction of sp³-hybridized carbons (Fsp3) is 0.556. The molecule has 1 heterocycles. The van der Waals surface area contributed by atoms with Crippen molar-refractivity contribution < 1.29 is 9.84 Å². The highest BCUT2D eigenvalue weighted by Crippen LogP contribution is 2.11. The number of nitrogens with one attached hydrogen (secondary N) is 1. The molecule has 0 fully saturated rings. The molecule has 1 aromatic rings. The van der Waals surface area contributed by atoms with E-state index in [2.05, 4.69) is 15.3 Å². The van der Waals surface area contributed by atoms with E-state index in [-0.39, 0.29) is 12.6 Å². The molecular formula is C9H15N3O2. The number of aromatic nitrogens is 2. The standard InChI is InChI=1S/C9H15N3O2/c1-3-14-9-4-8(10-6-11-9)12-7(2)5-13/h4,6-7,13H,3,5H2,1-2H3,(H,10,11,12). The molecule has 2 N–H and O–H groups in total. The molecule has 5 heteroatoms. The van der Waals surface area contributed by atoms with Gasteiger partial charge in [0.25, 0.3) is 0 Å². The molecular weight excluding hydrogens is 182 g/mol. The summed E-state index contributed by atoms with van der Waals surface area (Å²) in [6, 6.07) is 1.68. The minimum Gasteiger partial charge on any atom is -0.478 e. The van der Waals surface area contributed by atoms with Gasteiger partial charge in [0, 0.05) is 12.1 Å². The highest BCUT2D eigenvalue weighted by Gasteiger charge is 2.02. The van der Waals surface area contributed by atoms with E-state index < -0.39 is 0 Å². The first-order valence-electron chi connectivity index (χ1n) is 4.58. The Hall–Kier alpha value is -1.36. The van der Waals surface area contributed by atoms with Crippen molar-refractivity contribution in [2.24, 2.45) is 0 Å². The van der Waals surface area contributed by atoms with Gasteiger partial charge < -0.3 is 15.2 Å². The number of anilines is 1. The molecule has 14 heavy (non-hydrogen) atoms. The smallest absolute Gasteiger partial charge is 0.218 e. The summed E-state index contributed by atoms with van der Waals surface area (Å²) in [4.78, 5) is 7.92. The Morgan fingerprint density at radius 3 is 3.00 bits per heavy atom. The maximum absolute atomic E-state index is 8.83. The van der Waals surface area contributed by atoms with Crippen LogP contribution < -0.4 is 10.1 Å². The Kier molecular flexibility index (Phi) is 4.12. The molecule has 0 bridgehead atoms. The monoisotopic (exact) mass is 197 g/mol. The number of hydrogen-bond donors (Lipinski definition) is 2. The summed E-state index contributed by atoms with van der Waals surface area (Å²) < 4.78 is 5.21. The van der Waals surface area contributed by atoms with Gasteiger partial charge in [-0.05, 0) is 13.8 Å². The molecule has 0 saturated carbocycles. The number of rotatable bonds is 5. The first-order chi connectivity index (χ1) is 6.76. The van der Waals surface area contributed by atoms with Crippen LogP contribution >= 0.6 is 0 Å². The third-order valence-corrected chi connectivity index (χ3v) is 1.60. The summed E-state index contributed by atoms with van der Waals surface area (Å²) in [6.07, 6.45) is 1.43. The number of hydrogen-bond acceptors (Lipinski definition) is 5. The minimum atomic E-state index is -0.0284. The van der Waals surface area contributed by atoms with Gasteiger partial charge in [0.05, 0.1) is 13.2 Å². The van der Waals surface area contributed by atoms with Crippen molar-refractivity contribution in [2.45, 2.75) is 19.9 Å².